The number of methoxy groups -OCH3 is 1. The van der Waals surface area contributed by atoms with Crippen LogP contribution >= 0.6 is 0 Å². The van der Waals surface area contributed by atoms with Gasteiger partial charge in [-0.15, -0.1) is 0 Å². The number of hydrogen-bond acceptors (Lipinski definition) is 6. The molecule has 2 heterocycles. The molecule has 1 aliphatic heterocycles. The summed E-state index contributed by atoms with van der Waals surface area (Å²) in [5, 5.41) is 8.47. The van der Waals surface area contributed by atoms with E-state index in [0.717, 1.165) is 5.56 Å². The number of aromatic nitrogens is 1. The van der Waals surface area contributed by atoms with E-state index in [1.807, 2.05) is 30.3 Å². The van der Waals surface area contributed by atoms with E-state index in [0.29, 0.717) is 35.2 Å². The number of carbonyl (C=O) groups is 1. The number of rotatable bonds is 5. The second kappa shape index (κ2) is 9.24. The summed E-state index contributed by atoms with van der Waals surface area (Å²) in [5.74, 6) is -0.0778. The van der Waals surface area contributed by atoms with Crippen LogP contribution in [0.3, 0.4) is 0 Å². The molecular formula is C26H28N4O4S. The van der Waals surface area contributed by atoms with Crippen LogP contribution in [0.2, 0.25) is 0 Å². The molecule has 8 nitrogen and oxygen atoms in total. The highest BCUT2D eigenvalue weighted by Crippen LogP contribution is 2.32. The van der Waals surface area contributed by atoms with Crippen LogP contribution in [0.5, 0.6) is 5.88 Å². The maximum atomic E-state index is 13.6. The van der Waals surface area contributed by atoms with Gasteiger partial charge in [-0.1, -0.05) is 30.3 Å². The number of para-hydroxylation sites is 1. The van der Waals surface area contributed by atoms with E-state index in [1.165, 1.54) is 24.3 Å². The van der Waals surface area contributed by atoms with E-state index in [-0.39, 0.29) is 22.5 Å². The molecule has 9 heteroatoms. The smallest absolute Gasteiger partial charge is 0.264 e. The van der Waals surface area contributed by atoms with Crippen LogP contribution in [-0.2, 0) is 16.4 Å². The summed E-state index contributed by atoms with van der Waals surface area (Å²) < 4.78 is 34.0. The predicted molar refractivity (Wildman–Crippen MR) is 136 cm³/mol. The first-order valence-electron chi connectivity index (χ1n) is 11.2. The molecule has 3 aromatic rings. The molecule has 0 atom stereocenters. The summed E-state index contributed by atoms with van der Waals surface area (Å²) in [5.41, 5.74) is 2.42. The monoisotopic (exact) mass is 492 g/mol. The number of amidine groups is 1. The van der Waals surface area contributed by atoms with Gasteiger partial charge in [-0.25, -0.2) is 18.1 Å². The number of nitrogens with one attached hydrogen (secondary N) is 2. The van der Waals surface area contributed by atoms with Crippen LogP contribution in [0.4, 0.5) is 5.69 Å². The summed E-state index contributed by atoms with van der Waals surface area (Å²) in [6, 6.07) is 16.0. The first-order valence-corrected chi connectivity index (χ1v) is 12.7. The van der Waals surface area contributed by atoms with Crippen molar-refractivity contribution in [2.45, 2.75) is 44.0 Å². The van der Waals surface area contributed by atoms with E-state index in [2.05, 4.69) is 9.71 Å². The van der Waals surface area contributed by atoms with E-state index < -0.39 is 15.6 Å². The van der Waals surface area contributed by atoms with Gasteiger partial charge in [-0.05, 0) is 62.6 Å². The molecule has 2 aromatic carbocycles. The topological polar surface area (TPSA) is 112 Å². The summed E-state index contributed by atoms with van der Waals surface area (Å²) in [6.45, 7) is 5.26. The van der Waals surface area contributed by atoms with E-state index in [4.69, 9.17) is 10.1 Å². The molecular weight excluding hydrogens is 464 g/mol. The molecule has 2 N–H and O–H groups in total. The van der Waals surface area contributed by atoms with Gasteiger partial charge in [0.1, 0.15) is 10.7 Å². The van der Waals surface area contributed by atoms with Crippen LogP contribution in [-0.4, -0.2) is 37.8 Å². The minimum atomic E-state index is -3.92. The number of amides is 1. The van der Waals surface area contributed by atoms with Crippen LogP contribution in [0.25, 0.3) is 11.1 Å². The van der Waals surface area contributed by atoms with Gasteiger partial charge < -0.3 is 4.74 Å². The third kappa shape index (κ3) is 5.11. The van der Waals surface area contributed by atoms with Crippen molar-refractivity contribution in [3.63, 3.8) is 0 Å². The fourth-order valence-corrected chi connectivity index (χ4v) is 5.59. The largest absolute Gasteiger partial charge is 0.480 e. The lowest BCUT2D eigenvalue weighted by molar-refractivity contribution is 0.100. The average Bonchev–Trinajstić information content (AvgIpc) is 2.93. The maximum Gasteiger partial charge on any atom is 0.264 e. The summed E-state index contributed by atoms with van der Waals surface area (Å²) in [7, 11) is -2.55. The molecule has 182 valence electrons. The Morgan fingerprint density at radius 1 is 1.03 bits per heavy atom. The van der Waals surface area contributed by atoms with Gasteiger partial charge in [-0.3, -0.25) is 15.1 Å². The van der Waals surface area contributed by atoms with Crippen LogP contribution in [0.1, 0.15) is 43.1 Å². The lowest BCUT2D eigenvalue weighted by Crippen LogP contribution is -2.40. The first kappa shape index (κ1) is 24.6. The second-order valence-electron chi connectivity index (χ2n) is 9.38. The zero-order valence-electron chi connectivity index (χ0n) is 20.1. The highest BCUT2D eigenvalue weighted by molar-refractivity contribution is 7.89. The SMILES string of the molecule is COc1ncc(-c2ccc3c(c2)C(=O)N(c2ccccc2)C(=N)CC3)cc1S(=O)(=O)NC(C)(C)C. The second-order valence-corrected chi connectivity index (χ2v) is 11.0. The van der Waals surface area contributed by atoms with Gasteiger partial charge in [0.25, 0.3) is 5.91 Å². The Bertz CT molecular complexity index is 1400. The third-order valence-corrected chi connectivity index (χ3v) is 7.29. The third-order valence-electron chi connectivity index (χ3n) is 5.53. The molecule has 0 bridgehead atoms. The highest BCUT2D eigenvalue weighted by atomic mass is 32.2. The highest BCUT2D eigenvalue weighted by Gasteiger charge is 2.29. The summed E-state index contributed by atoms with van der Waals surface area (Å²) in [6.07, 6.45) is 2.51. The number of anilines is 1. The van der Waals surface area contributed by atoms with Crippen LogP contribution in [0, 0.1) is 5.41 Å². The van der Waals surface area contributed by atoms with Crippen molar-refractivity contribution in [1.29, 1.82) is 5.41 Å². The molecule has 0 saturated carbocycles. The molecule has 0 spiro atoms. The minimum absolute atomic E-state index is 0.0139. The van der Waals surface area contributed by atoms with Crippen molar-refractivity contribution in [1.82, 2.24) is 9.71 Å². The Balaban J connectivity index is 1.79. The number of hydrogen-bond donors (Lipinski definition) is 2. The van der Waals surface area contributed by atoms with Gasteiger partial charge in [0.15, 0.2) is 0 Å². The van der Waals surface area contributed by atoms with Crippen molar-refractivity contribution >= 4 is 27.5 Å². The average molecular weight is 493 g/mol. The number of benzene rings is 2. The van der Waals surface area contributed by atoms with E-state index in [9.17, 15) is 13.2 Å². The first-order chi connectivity index (χ1) is 16.5. The number of sulfonamides is 1. The number of ether oxygens (including phenoxy) is 1. The molecule has 35 heavy (non-hydrogen) atoms. The van der Waals surface area contributed by atoms with Gasteiger partial charge in [0, 0.05) is 29.3 Å². The number of carbonyl (C=O) groups excluding carboxylic acids is 1. The van der Waals surface area contributed by atoms with Crippen molar-refractivity contribution < 1.29 is 17.9 Å². The molecule has 0 fully saturated rings. The Hall–Kier alpha value is -3.56. The van der Waals surface area contributed by atoms with Gasteiger partial charge in [0.2, 0.25) is 15.9 Å². The Kier molecular flexibility index (Phi) is 6.48. The van der Waals surface area contributed by atoms with Crippen LogP contribution in [0.15, 0.2) is 65.7 Å². The molecule has 0 saturated heterocycles. The fourth-order valence-electron chi connectivity index (χ4n) is 4.02. The predicted octanol–water partition coefficient (Wildman–Crippen LogP) is 4.40. The molecule has 0 aliphatic carbocycles. The molecule has 4 rings (SSSR count). The van der Waals surface area contributed by atoms with Gasteiger partial charge in [0.05, 0.1) is 12.8 Å². The van der Waals surface area contributed by atoms with Crippen molar-refractivity contribution in [3.05, 3.63) is 71.9 Å². The van der Waals surface area contributed by atoms with E-state index >= 15 is 0 Å². The molecule has 0 radical (unpaired) electrons. The van der Waals surface area contributed by atoms with Crippen molar-refractivity contribution in [2.24, 2.45) is 0 Å². The Morgan fingerprint density at radius 3 is 2.40 bits per heavy atom. The zero-order valence-corrected chi connectivity index (χ0v) is 20.9. The number of pyridine rings is 1. The number of nitrogens with zero attached hydrogens (tertiary/aromatic N) is 2. The van der Waals surface area contributed by atoms with E-state index in [1.54, 1.807) is 39.0 Å². The summed E-state index contributed by atoms with van der Waals surface area (Å²) in [4.78, 5) is 19.1. The normalized spacial score (nSPS) is 14.5. The lowest BCUT2D eigenvalue weighted by atomic mass is 9.97. The standard InChI is InChI=1S/C26H28N4O4S/c1-26(2,3)29-35(32,33)22-15-19(16-28-24(22)34-4)18-11-10-17-12-13-23(27)30(25(31)21(17)14-18)20-8-6-5-7-9-20/h5-11,14-16,27,29H,12-13H2,1-4H3. The Labute approximate surface area is 205 Å². The van der Waals surface area contributed by atoms with Crippen molar-refractivity contribution in [2.75, 3.05) is 12.0 Å². The molecule has 1 aromatic heterocycles. The van der Waals surface area contributed by atoms with Crippen LogP contribution < -0.4 is 14.4 Å². The maximum absolute atomic E-state index is 13.6. The molecule has 1 aliphatic rings. The quantitative estimate of drug-likeness (QED) is 0.548. The zero-order chi connectivity index (χ0) is 25.4. The van der Waals surface area contributed by atoms with Gasteiger partial charge >= 0.3 is 0 Å². The minimum Gasteiger partial charge on any atom is -0.480 e. The lowest BCUT2D eigenvalue weighted by Gasteiger charge is -2.22. The summed E-state index contributed by atoms with van der Waals surface area (Å²) >= 11 is 0. The van der Waals surface area contributed by atoms with Crippen molar-refractivity contribution in [3.8, 4) is 17.0 Å². The Morgan fingerprint density at radius 2 is 1.74 bits per heavy atom. The van der Waals surface area contributed by atoms with Gasteiger partial charge in [-0.2, -0.15) is 0 Å². The molecule has 1 amide bonds. The fraction of sp³-hybridized carbons (Fsp3) is 0.269. The molecule has 0 unspecified atom stereocenters. The number of aryl methyl sites for hydroxylation is 1. The number of fused-ring (bicyclic) bond motifs is 1.